The number of pyridine rings is 1. The van der Waals surface area contributed by atoms with Crippen molar-refractivity contribution in [2.75, 3.05) is 51.4 Å². The molecule has 2 fully saturated rings. The number of ether oxygens (including phenoxy) is 3. The van der Waals surface area contributed by atoms with Gasteiger partial charge in [0.25, 0.3) is 5.91 Å². The molecule has 200 valence electrons. The van der Waals surface area contributed by atoms with E-state index in [1.165, 1.54) is 12.4 Å². The molecule has 9 nitrogen and oxygen atoms in total. The van der Waals surface area contributed by atoms with Crippen LogP contribution in [-0.4, -0.2) is 66.8 Å². The molecule has 2 aromatic heterocycles. The number of aromatic nitrogens is 3. The second kappa shape index (κ2) is 13.5. The van der Waals surface area contributed by atoms with E-state index in [4.69, 9.17) is 14.2 Å². The molecule has 4 heterocycles. The summed E-state index contributed by atoms with van der Waals surface area (Å²) in [5, 5.41) is 9.95. The van der Waals surface area contributed by atoms with Crippen molar-refractivity contribution in [3.8, 4) is 5.82 Å². The number of nitrogens with one attached hydrogen (secondary N) is 2. The van der Waals surface area contributed by atoms with Gasteiger partial charge < -0.3 is 24.8 Å². The van der Waals surface area contributed by atoms with Crippen LogP contribution in [0.25, 0.3) is 5.82 Å². The summed E-state index contributed by atoms with van der Waals surface area (Å²) in [7, 11) is 0. The molecule has 1 atom stereocenters. The molecule has 2 aliphatic heterocycles. The topological polar surface area (TPSA) is 99.5 Å². The number of nitrogens with zero attached hydrogens (tertiary/aromatic N) is 3. The fourth-order valence-electron chi connectivity index (χ4n) is 3.49. The van der Waals surface area contributed by atoms with Crippen LogP contribution in [0.2, 0.25) is 0 Å². The smallest absolute Gasteiger partial charge is 0.377 e. The SMILES string of the molecule is C1COCCO1.Cl.O=C(Nc1ccc([C@H]2CNCCO2)cc1)c1cnn(-c2cc(C(F)(F)F)ccn2)c1. The highest BCUT2D eigenvalue weighted by atomic mass is 35.5. The molecule has 2 aliphatic rings. The van der Waals surface area contributed by atoms with Crippen LogP contribution in [-0.2, 0) is 20.4 Å². The van der Waals surface area contributed by atoms with Gasteiger partial charge in [0.2, 0.25) is 0 Å². The Balaban J connectivity index is 0.000000479. The molecular formula is C24H27ClF3N5O4. The Morgan fingerprint density at radius 2 is 1.76 bits per heavy atom. The molecule has 37 heavy (non-hydrogen) atoms. The van der Waals surface area contributed by atoms with E-state index in [9.17, 15) is 18.0 Å². The van der Waals surface area contributed by atoms with Gasteiger partial charge in [-0.25, -0.2) is 9.67 Å². The van der Waals surface area contributed by atoms with Crippen molar-refractivity contribution in [1.29, 1.82) is 0 Å². The quantitative estimate of drug-likeness (QED) is 0.520. The molecule has 13 heteroatoms. The van der Waals surface area contributed by atoms with Crippen molar-refractivity contribution in [3.05, 3.63) is 71.7 Å². The van der Waals surface area contributed by atoms with E-state index in [0.29, 0.717) is 12.3 Å². The number of carbonyl (C=O) groups excluding carboxylic acids is 1. The van der Waals surface area contributed by atoms with Crippen molar-refractivity contribution < 1.29 is 32.2 Å². The third kappa shape index (κ3) is 8.23. The van der Waals surface area contributed by atoms with Crippen molar-refractivity contribution in [3.63, 3.8) is 0 Å². The molecule has 2 N–H and O–H groups in total. The summed E-state index contributed by atoms with van der Waals surface area (Å²) in [5.41, 5.74) is 0.936. The highest BCUT2D eigenvalue weighted by Gasteiger charge is 2.31. The average Bonchev–Trinajstić information content (AvgIpc) is 3.41. The Hall–Kier alpha value is -3.03. The normalized spacial score (nSPS) is 17.6. The second-order valence-corrected chi connectivity index (χ2v) is 7.94. The lowest BCUT2D eigenvalue weighted by molar-refractivity contribution is -0.137. The minimum absolute atomic E-state index is 0. The van der Waals surface area contributed by atoms with E-state index in [1.54, 1.807) is 12.1 Å². The number of halogens is 4. The largest absolute Gasteiger partial charge is 0.416 e. The molecule has 1 aromatic carbocycles. The van der Waals surface area contributed by atoms with Gasteiger partial charge in [0, 0.05) is 31.2 Å². The van der Waals surface area contributed by atoms with E-state index in [2.05, 4.69) is 20.7 Å². The second-order valence-electron chi connectivity index (χ2n) is 7.94. The first-order chi connectivity index (χ1) is 17.4. The van der Waals surface area contributed by atoms with E-state index in [1.807, 2.05) is 12.1 Å². The number of benzene rings is 1. The van der Waals surface area contributed by atoms with Crippen LogP contribution in [0.3, 0.4) is 0 Å². The summed E-state index contributed by atoms with van der Waals surface area (Å²) in [5.74, 6) is -0.467. The molecule has 0 aliphatic carbocycles. The monoisotopic (exact) mass is 541 g/mol. The first-order valence-electron chi connectivity index (χ1n) is 11.4. The molecule has 0 bridgehead atoms. The maximum atomic E-state index is 12.9. The maximum Gasteiger partial charge on any atom is 0.416 e. The predicted octanol–water partition coefficient (Wildman–Crippen LogP) is 3.65. The van der Waals surface area contributed by atoms with Crippen LogP contribution in [0, 0.1) is 0 Å². The Morgan fingerprint density at radius 1 is 1.05 bits per heavy atom. The van der Waals surface area contributed by atoms with Crippen LogP contribution < -0.4 is 10.6 Å². The Bertz CT molecular complexity index is 1120. The predicted molar refractivity (Wildman–Crippen MR) is 131 cm³/mol. The van der Waals surface area contributed by atoms with Gasteiger partial charge in [0.15, 0.2) is 5.82 Å². The molecule has 5 rings (SSSR count). The molecule has 0 radical (unpaired) electrons. The van der Waals surface area contributed by atoms with Gasteiger partial charge in [-0.3, -0.25) is 4.79 Å². The van der Waals surface area contributed by atoms with Crippen LogP contribution in [0.1, 0.15) is 27.6 Å². The van der Waals surface area contributed by atoms with E-state index >= 15 is 0 Å². The molecule has 0 saturated carbocycles. The Kier molecular flexibility index (Phi) is 10.4. The highest BCUT2D eigenvalue weighted by Crippen LogP contribution is 2.29. The van der Waals surface area contributed by atoms with Gasteiger partial charge >= 0.3 is 6.18 Å². The first-order valence-corrected chi connectivity index (χ1v) is 11.4. The van der Waals surface area contributed by atoms with Crippen molar-refractivity contribution >= 4 is 24.0 Å². The van der Waals surface area contributed by atoms with E-state index in [-0.39, 0.29) is 29.9 Å². The Morgan fingerprint density at radius 3 is 2.35 bits per heavy atom. The Labute approximate surface area is 217 Å². The lowest BCUT2D eigenvalue weighted by Gasteiger charge is -2.24. The zero-order valence-corrected chi connectivity index (χ0v) is 20.6. The maximum absolute atomic E-state index is 12.9. The lowest BCUT2D eigenvalue weighted by atomic mass is 10.1. The summed E-state index contributed by atoms with van der Waals surface area (Å²) in [6, 6.07) is 9.04. The zero-order valence-electron chi connectivity index (χ0n) is 19.7. The van der Waals surface area contributed by atoms with E-state index < -0.39 is 17.6 Å². The fraction of sp³-hybridized carbons (Fsp3) is 0.375. The van der Waals surface area contributed by atoms with Gasteiger partial charge in [0.05, 0.1) is 56.5 Å². The number of rotatable bonds is 4. The van der Waals surface area contributed by atoms with Crippen molar-refractivity contribution in [2.45, 2.75) is 12.3 Å². The van der Waals surface area contributed by atoms with Gasteiger partial charge in [-0.05, 0) is 29.8 Å². The first kappa shape index (κ1) is 28.5. The number of carbonyl (C=O) groups is 1. The minimum Gasteiger partial charge on any atom is -0.377 e. The van der Waals surface area contributed by atoms with Crippen LogP contribution >= 0.6 is 12.4 Å². The summed E-state index contributed by atoms with van der Waals surface area (Å²) in [6.45, 7) is 5.32. The van der Waals surface area contributed by atoms with Crippen molar-refractivity contribution in [1.82, 2.24) is 20.1 Å². The van der Waals surface area contributed by atoms with Gasteiger partial charge in [-0.1, -0.05) is 12.1 Å². The summed E-state index contributed by atoms with van der Waals surface area (Å²) < 4.78 is 55.3. The standard InChI is InChI=1S/C20H18F3N5O2.C4H8O2.ClH/c21-20(22,23)15-5-6-25-18(9-15)28-12-14(10-26-28)19(29)27-16-3-1-13(2-4-16)17-11-24-7-8-30-17;1-2-6-4-3-5-1;/h1-6,9-10,12,17,24H,7-8,11H2,(H,27,29);1-4H2;1H/t17-;;/m1../s1. The molecular weight excluding hydrogens is 515 g/mol. The number of anilines is 1. The third-order valence-electron chi connectivity index (χ3n) is 5.36. The lowest BCUT2D eigenvalue weighted by Crippen LogP contribution is -2.33. The number of hydrogen-bond acceptors (Lipinski definition) is 7. The molecule has 0 spiro atoms. The molecule has 0 unspecified atom stereocenters. The van der Waals surface area contributed by atoms with E-state index in [0.717, 1.165) is 68.1 Å². The van der Waals surface area contributed by atoms with Crippen LogP contribution in [0.15, 0.2) is 55.0 Å². The summed E-state index contributed by atoms with van der Waals surface area (Å²) >= 11 is 0. The van der Waals surface area contributed by atoms with Crippen LogP contribution in [0.4, 0.5) is 18.9 Å². The summed E-state index contributed by atoms with van der Waals surface area (Å²) in [4.78, 5) is 16.4. The molecule has 2 saturated heterocycles. The van der Waals surface area contributed by atoms with Gasteiger partial charge in [-0.2, -0.15) is 18.3 Å². The number of alkyl halides is 3. The highest BCUT2D eigenvalue weighted by molar-refractivity contribution is 6.04. The summed E-state index contributed by atoms with van der Waals surface area (Å²) in [6.07, 6.45) is -0.870. The minimum atomic E-state index is -4.49. The van der Waals surface area contributed by atoms with Crippen molar-refractivity contribution in [2.24, 2.45) is 0 Å². The molecule has 3 aromatic rings. The fourth-order valence-corrected chi connectivity index (χ4v) is 3.49. The average molecular weight is 542 g/mol. The number of amides is 1. The number of hydrogen-bond donors (Lipinski definition) is 2. The third-order valence-corrected chi connectivity index (χ3v) is 5.36. The molecule has 1 amide bonds. The number of morpholine rings is 1. The van der Waals surface area contributed by atoms with Gasteiger partial charge in [0.1, 0.15) is 0 Å². The van der Waals surface area contributed by atoms with Gasteiger partial charge in [-0.15, -0.1) is 12.4 Å². The zero-order chi connectivity index (χ0) is 25.4. The van der Waals surface area contributed by atoms with Crippen LogP contribution in [0.5, 0.6) is 0 Å².